The van der Waals surface area contributed by atoms with Gasteiger partial charge in [0, 0.05) is 20.0 Å². The largest absolute Gasteiger partial charge is 0.382 e. The van der Waals surface area contributed by atoms with Gasteiger partial charge in [0.05, 0.1) is 6.54 Å². The van der Waals surface area contributed by atoms with Crippen LogP contribution in [0.2, 0.25) is 0 Å². The molecule has 0 atom stereocenters. The Kier molecular flexibility index (Phi) is 6.00. The highest BCUT2D eigenvalue weighted by molar-refractivity contribution is 5.93. The van der Waals surface area contributed by atoms with Gasteiger partial charge in [-0.15, -0.1) is 0 Å². The summed E-state index contributed by atoms with van der Waals surface area (Å²) in [6.45, 7) is 6.84. The van der Waals surface area contributed by atoms with Gasteiger partial charge in [0.2, 0.25) is 0 Å². The van der Waals surface area contributed by atoms with E-state index in [1.807, 2.05) is 45.0 Å². The Hall–Kier alpha value is -3.16. The minimum atomic E-state index is -0.455. The molecule has 8 heteroatoms. The lowest BCUT2D eigenvalue weighted by Gasteiger charge is -2.16. The summed E-state index contributed by atoms with van der Waals surface area (Å²) in [7, 11) is 1.67. The van der Waals surface area contributed by atoms with Gasteiger partial charge in [-0.1, -0.05) is 43.7 Å². The number of aromatic nitrogens is 4. The molecule has 0 saturated carbocycles. The summed E-state index contributed by atoms with van der Waals surface area (Å²) in [5.74, 6) is 0.720. The zero-order valence-electron chi connectivity index (χ0n) is 17.5. The topological polar surface area (TPSA) is 99.0 Å². The summed E-state index contributed by atoms with van der Waals surface area (Å²) in [6.07, 6.45) is 2.28. The van der Waals surface area contributed by atoms with E-state index in [0.717, 1.165) is 28.5 Å². The summed E-state index contributed by atoms with van der Waals surface area (Å²) in [4.78, 5) is 36.7. The van der Waals surface area contributed by atoms with Gasteiger partial charge in [-0.2, -0.15) is 0 Å². The van der Waals surface area contributed by atoms with Crippen LogP contribution in [0.3, 0.4) is 0 Å². The van der Waals surface area contributed by atoms with Crippen LogP contribution >= 0.6 is 0 Å². The van der Waals surface area contributed by atoms with Gasteiger partial charge in [0.15, 0.2) is 11.5 Å². The summed E-state index contributed by atoms with van der Waals surface area (Å²) in [5.41, 5.74) is 8.49. The third kappa shape index (κ3) is 4.01. The van der Waals surface area contributed by atoms with Crippen LogP contribution in [0.4, 0.5) is 10.6 Å². The highest BCUT2D eigenvalue weighted by atomic mass is 16.2. The minimum absolute atomic E-state index is 0.149. The Morgan fingerprint density at radius 1 is 1.14 bits per heavy atom. The molecule has 8 nitrogen and oxygen atoms in total. The molecule has 3 aromatic rings. The molecular formula is C21H28N6O2. The fourth-order valence-corrected chi connectivity index (χ4v) is 3.35. The minimum Gasteiger partial charge on any atom is -0.382 e. The Balaban J connectivity index is 2.22. The molecule has 154 valence electrons. The quantitative estimate of drug-likeness (QED) is 0.691. The Morgan fingerprint density at radius 2 is 1.83 bits per heavy atom. The van der Waals surface area contributed by atoms with E-state index in [0.29, 0.717) is 31.0 Å². The molecule has 0 fully saturated rings. The fourth-order valence-electron chi connectivity index (χ4n) is 3.35. The number of carbonyl (C=O) groups excluding carboxylic acids is 1. The average Bonchev–Trinajstić information content (AvgIpc) is 2.96. The number of carbonyl (C=O) groups is 1. The van der Waals surface area contributed by atoms with Crippen molar-refractivity contribution >= 4 is 23.0 Å². The molecule has 0 aliphatic heterocycles. The van der Waals surface area contributed by atoms with E-state index < -0.39 is 11.7 Å². The maximum absolute atomic E-state index is 13.3. The van der Waals surface area contributed by atoms with E-state index in [1.54, 1.807) is 7.05 Å². The van der Waals surface area contributed by atoms with Crippen molar-refractivity contribution in [1.82, 2.24) is 24.0 Å². The standard InChI is InChI=1S/C21H28N6O2/c1-5-7-16-23-18(22)17-19(24-16)26(13-15-10-8-14(3)9-11-15)21(29)27(17)20(28)25(4)12-6-2/h8-11H,5-7,12-13H2,1-4H3,(H2,22,23,24). The highest BCUT2D eigenvalue weighted by Gasteiger charge is 2.25. The molecule has 2 heterocycles. The second-order valence-corrected chi connectivity index (χ2v) is 7.34. The van der Waals surface area contributed by atoms with Crippen molar-refractivity contribution in [2.75, 3.05) is 19.3 Å². The molecular weight excluding hydrogens is 368 g/mol. The van der Waals surface area contributed by atoms with Crippen LogP contribution in [0.1, 0.15) is 43.6 Å². The van der Waals surface area contributed by atoms with Gasteiger partial charge in [-0.3, -0.25) is 4.57 Å². The van der Waals surface area contributed by atoms with Crippen molar-refractivity contribution in [3.8, 4) is 0 Å². The number of imidazole rings is 1. The van der Waals surface area contributed by atoms with Crippen molar-refractivity contribution in [2.45, 2.75) is 46.6 Å². The van der Waals surface area contributed by atoms with E-state index in [1.165, 1.54) is 9.47 Å². The fraction of sp³-hybridized carbons (Fsp3) is 0.429. The van der Waals surface area contributed by atoms with Gasteiger partial charge < -0.3 is 10.6 Å². The summed E-state index contributed by atoms with van der Waals surface area (Å²) in [6, 6.07) is 7.49. The van der Waals surface area contributed by atoms with Gasteiger partial charge in [0.25, 0.3) is 0 Å². The molecule has 0 spiro atoms. The van der Waals surface area contributed by atoms with E-state index in [9.17, 15) is 9.59 Å². The van der Waals surface area contributed by atoms with Gasteiger partial charge in [-0.25, -0.2) is 24.1 Å². The van der Waals surface area contributed by atoms with Crippen LogP contribution in [0.5, 0.6) is 0 Å². The van der Waals surface area contributed by atoms with Crippen LogP contribution < -0.4 is 11.4 Å². The van der Waals surface area contributed by atoms with Crippen molar-refractivity contribution in [3.63, 3.8) is 0 Å². The molecule has 0 unspecified atom stereocenters. The second-order valence-electron chi connectivity index (χ2n) is 7.34. The normalized spacial score (nSPS) is 11.2. The van der Waals surface area contributed by atoms with Crippen molar-refractivity contribution in [1.29, 1.82) is 0 Å². The smallest absolute Gasteiger partial charge is 0.339 e. The summed E-state index contributed by atoms with van der Waals surface area (Å²) >= 11 is 0. The number of nitrogen functional groups attached to an aromatic ring is 1. The summed E-state index contributed by atoms with van der Waals surface area (Å²) in [5, 5.41) is 0. The molecule has 29 heavy (non-hydrogen) atoms. The van der Waals surface area contributed by atoms with Gasteiger partial charge in [-0.05, 0) is 25.3 Å². The van der Waals surface area contributed by atoms with Crippen LogP contribution in [-0.2, 0) is 13.0 Å². The predicted octanol–water partition coefficient (Wildman–Crippen LogP) is 2.79. The Morgan fingerprint density at radius 3 is 2.45 bits per heavy atom. The number of amides is 1. The molecule has 1 aromatic carbocycles. The molecule has 3 rings (SSSR count). The molecule has 0 bridgehead atoms. The first-order valence-electron chi connectivity index (χ1n) is 9.96. The zero-order valence-corrected chi connectivity index (χ0v) is 17.5. The first-order chi connectivity index (χ1) is 13.9. The SMILES string of the molecule is CCCc1nc(N)c2c(n1)n(Cc1ccc(C)cc1)c(=O)n2C(=O)N(C)CCC. The predicted molar refractivity (Wildman–Crippen MR) is 114 cm³/mol. The van der Waals surface area contributed by atoms with E-state index in [2.05, 4.69) is 9.97 Å². The van der Waals surface area contributed by atoms with Crippen LogP contribution in [-0.4, -0.2) is 43.6 Å². The van der Waals surface area contributed by atoms with E-state index in [4.69, 9.17) is 5.73 Å². The van der Waals surface area contributed by atoms with Crippen LogP contribution in [0.25, 0.3) is 11.2 Å². The van der Waals surface area contributed by atoms with Crippen molar-refractivity contribution in [2.24, 2.45) is 0 Å². The lowest BCUT2D eigenvalue weighted by molar-refractivity contribution is 0.210. The second kappa shape index (κ2) is 8.46. The Bertz CT molecular complexity index is 1080. The average molecular weight is 396 g/mol. The summed E-state index contributed by atoms with van der Waals surface area (Å²) < 4.78 is 2.61. The molecule has 2 aromatic heterocycles. The van der Waals surface area contributed by atoms with Crippen molar-refractivity contribution in [3.05, 3.63) is 51.7 Å². The number of aryl methyl sites for hydroxylation is 2. The van der Waals surface area contributed by atoms with Gasteiger partial charge in [0.1, 0.15) is 11.3 Å². The molecule has 0 aliphatic carbocycles. The number of hydrogen-bond acceptors (Lipinski definition) is 5. The first kappa shape index (κ1) is 20.6. The molecule has 0 radical (unpaired) electrons. The number of nitrogens with zero attached hydrogens (tertiary/aromatic N) is 5. The lowest BCUT2D eigenvalue weighted by atomic mass is 10.1. The van der Waals surface area contributed by atoms with E-state index >= 15 is 0 Å². The maximum atomic E-state index is 13.3. The number of benzene rings is 1. The van der Waals surface area contributed by atoms with E-state index in [-0.39, 0.29) is 11.3 Å². The molecule has 0 saturated heterocycles. The number of fused-ring (bicyclic) bond motifs is 1. The number of rotatable bonds is 6. The maximum Gasteiger partial charge on any atom is 0.339 e. The lowest BCUT2D eigenvalue weighted by Crippen LogP contribution is -2.38. The van der Waals surface area contributed by atoms with Crippen molar-refractivity contribution < 1.29 is 4.79 Å². The van der Waals surface area contributed by atoms with Gasteiger partial charge >= 0.3 is 11.7 Å². The monoisotopic (exact) mass is 396 g/mol. The highest BCUT2D eigenvalue weighted by Crippen LogP contribution is 2.20. The Labute approximate surface area is 170 Å². The third-order valence-corrected chi connectivity index (χ3v) is 4.85. The zero-order chi connectivity index (χ0) is 21.1. The number of nitrogens with two attached hydrogens (primary N) is 1. The number of anilines is 1. The molecule has 0 aliphatic rings. The molecule has 1 amide bonds. The third-order valence-electron chi connectivity index (χ3n) is 4.85. The van der Waals surface area contributed by atoms with Crippen LogP contribution in [0.15, 0.2) is 29.1 Å². The van der Waals surface area contributed by atoms with Crippen LogP contribution in [0, 0.1) is 6.92 Å². The molecule has 2 N–H and O–H groups in total. The number of hydrogen-bond donors (Lipinski definition) is 1. The first-order valence-corrected chi connectivity index (χ1v) is 9.96.